The number of nitrogens with two attached hydrogens (primary N) is 1. The molecule has 1 atom stereocenters. The average molecular weight is 253 g/mol. The number of hydrogen-bond donors (Lipinski definition) is 2. The van der Waals surface area contributed by atoms with E-state index in [2.05, 4.69) is 12.2 Å². The lowest BCUT2D eigenvalue weighted by Crippen LogP contribution is -2.50. The molecule has 2 amide bonds. The molecule has 0 aromatic carbocycles. The molecule has 0 spiro atoms. The summed E-state index contributed by atoms with van der Waals surface area (Å²) >= 11 is 0. The Balaban J connectivity index is 1.71. The third-order valence-corrected chi connectivity index (χ3v) is 4.66. The second kappa shape index (κ2) is 6.41. The molecule has 2 rings (SSSR count). The van der Waals surface area contributed by atoms with E-state index in [-0.39, 0.29) is 6.03 Å². The summed E-state index contributed by atoms with van der Waals surface area (Å²) in [4.78, 5) is 12.8. The molecule has 1 saturated carbocycles. The SMILES string of the molecule is C[C@H](NC1CCN(C(N)=O)CC1)C1CCCCC1. The van der Waals surface area contributed by atoms with Crippen molar-refractivity contribution in [3.05, 3.63) is 0 Å². The summed E-state index contributed by atoms with van der Waals surface area (Å²) in [5.41, 5.74) is 5.30. The third-order valence-electron chi connectivity index (χ3n) is 4.66. The van der Waals surface area contributed by atoms with Gasteiger partial charge < -0.3 is 16.0 Å². The summed E-state index contributed by atoms with van der Waals surface area (Å²) in [5.74, 6) is 0.855. The number of hydrogen-bond acceptors (Lipinski definition) is 2. The van der Waals surface area contributed by atoms with E-state index in [9.17, 15) is 4.79 Å². The van der Waals surface area contributed by atoms with E-state index >= 15 is 0 Å². The maximum atomic E-state index is 11.1. The van der Waals surface area contributed by atoms with E-state index in [1.807, 2.05) is 0 Å². The van der Waals surface area contributed by atoms with Gasteiger partial charge in [0.25, 0.3) is 0 Å². The highest BCUT2D eigenvalue weighted by Crippen LogP contribution is 2.27. The lowest BCUT2D eigenvalue weighted by atomic mass is 9.84. The monoisotopic (exact) mass is 253 g/mol. The topological polar surface area (TPSA) is 58.4 Å². The molecule has 104 valence electrons. The Bertz CT molecular complexity index is 268. The molecular formula is C14H27N3O. The minimum Gasteiger partial charge on any atom is -0.351 e. The largest absolute Gasteiger partial charge is 0.351 e. The second-order valence-corrected chi connectivity index (χ2v) is 5.95. The van der Waals surface area contributed by atoms with E-state index in [4.69, 9.17) is 5.73 Å². The van der Waals surface area contributed by atoms with Crippen molar-refractivity contribution in [3.8, 4) is 0 Å². The number of rotatable bonds is 3. The van der Waals surface area contributed by atoms with Crippen LogP contribution in [0.25, 0.3) is 0 Å². The van der Waals surface area contributed by atoms with E-state index in [0.29, 0.717) is 12.1 Å². The Labute approximate surface area is 110 Å². The van der Waals surface area contributed by atoms with Crippen molar-refractivity contribution in [3.63, 3.8) is 0 Å². The van der Waals surface area contributed by atoms with Crippen LogP contribution < -0.4 is 11.1 Å². The molecule has 0 radical (unpaired) electrons. The first-order valence-corrected chi connectivity index (χ1v) is 7.47. The molecule has 0 aromatic rings. The number of carbonyl (C=O) groups excluding carboxylic acids is 1. The Morgan fingerprint density at radius 2 is 1.78 bits per heavy atom. The Hall–Kier alpha value is -0.770. The van der Waals surface area contributed by atoms with Crippen LogP contribution in [-0.4, -0.2) is 36.1 Å². The van der Waals surface area contributed by atoms with Crippen molar-refractivity contribution < 1.29 is 4.79 Å². The van der Waals surface area contributed by atoms with Gasteiger partial charge in [0.1, 0.15) is 0 Å². The molecule has 0 bridgehead atoms. The molecule has 4 nitrogen and oxygen atoms in total. The van der Waals surface area contributed by atoms with Gasteiger partial charge in [-0.05, 0) is 38.5 Å². The van der Waals surface area contributed by atoms with Crippen molar-refractivity contribution in [2.45, 2.75) is 64.0 Å². The van der Waals surface area contributed by atoms with Crippen molar-refractivity contribution in [1.82, 2.24) is 10.2 Å². The van der Waals surface area contributed by atoms with Crippen LogP contribution in [0, 0.1) is 5.92 Å². The summed E-state index contributed by atoms with van der Waals surface area (Å²) in [7, 11) is 0. The highest BCUT2D eigenvalue weighted by Gasteiger charge is 2.25. The van der Waals surface area contributed by atoms with Crippen LogP contribution in [0.1, 0.15) is 51.9 Å². The summed E-state index contributed by atoms with van der Waals surface area (Å²) in [6.45, 7) is 3.95. The Morgan fingerprint density at radius 1 is 1.17 bits per heavy atom. The fourth-order valence-corrected chi connectivity index (χ4v) is 3.41. The molecular weight excluding hydrogens is 226 g/mol. The highest BCUT2D eigenvalue weighted by molar-refractivity contribution is 5.72. The number of likely N-dealkylation sites (tertiary alicyclic amines) is 1. The number of piperidine rings is 1. The molecule has 1 saturated heterocycles. The number of primary amides is 1. The van der Waals surface area contributed by atoms with Crippen LogP contribution in [0.5, 0.6) is 0 Å². The maximum Gasteiger partial charge on any atom is 0.314 e. The van der Waals surface area contributed by atoms with Gasteiger partial charge in [-0.1, -0.05) is 19.3 Å². The fourth-order valence-electron chi connectivity index (χ4n) is 3.41. The minimum atomic E-state index is -0.270. The lowest BCUT2D eigenvalue weighted by Gasteiger charge is -2.36. The van der Waals surface area contributed by atoms with E-state index in [1.165, 1.54) is 32.1 Å². The molecule has 18 heavy (non-hydrogen) atoms. The van der Waals surface area contributed by atoms with E-state index in [1.54, 1.807) is 4.90 Å². The summed E-state index contributed by atoms with van der Waals surface area (Å²) in [6.07, 6.45) is 9.07. The van der Waals surface area contributed by atoms with Gasteiger partial charge in [0.15, 0.2) is 0 Å². The molecule has 1 heterocycles. The Kier molecular flexibility index (Phi) is 4.87. The van der Waals surface area contributed by atoms with Crippen LogP contribution in [0.15, 0.2) is 0 Å². The molecule has 3 N–H and O–H groups in total. The van der Waals surface area contributed by atoms with Gasteiger partial charge in [-0.25, -0.2) is 4.79 Å². The van der Waals surface area contributed by atoms with Crippen molar-refractivity contribution in [1.29, 1.82) is 0 Å². The van der Waals surface area contributed by atoms with Gasteiger partial charge in [0.05, 0.1) is 0 Å². The zero-order valence-electron chi connectivity index (χ0n) is 11.5. The number of urea groups is 1. The first-order chi connectivity index (χ1) is 8.66. The normalized spacial score (nSPS) is 25.1. The summed E-state index contributed by atoms with van der Waals surface area (Å²) in [6, 6.07) is 0.918. The zero-order chi connectivity index (χ0) is 13.0. The van der Waals surface area contributed by atoms with E-state index < -0.39 is 0 Å². The van der Waals surface area contributed by atoms with Crippen molar-refractivity contribution in [2.24, 2.45) is 11.7 Å². The standard InChI is InChI=1S/C14H27N3O/c1-11(12-5-3-2-4-6-12)16-13-7-9-17(10-8-13)14(15)18/h11-13,16H,2-10H2,1H3,(H2,15,18)/t11-/m0/s1. The quantitative estimate of drug-likeness (QED) is 0.809. The number of carbonyl (C=O) groups is 1. The first kappa shape index (κ1) is 13.7. The number of nitrogens with one attached hydrogen (secondary N) is 1. The fraction of sp³-hybridized carbons (Fsp3) is 0.929. The van der Waals surface area contributed by atoms with Crippen LogP contribution >= 0.6 is 0 Å². The van der Waals surface area contributed by atoms with Gasteiger partial charge in [-0.2, -0.15) is 0 Å². The molecule has 1 aliphatic carbocycles. The maximum absolute atomic E-state index is 11.1. The van der Waals surface area contributed by atoms with E-state index in [0.717, 1.165) is 31.8 Å². The highest BCUT2D eigenvalue weighted by atomic mass is 16.2. The predicted molar refractivity (Wildman–Crippen MR) is 73.4 cm³/mol. The van der Waals surface area contributed by atoms with Gasteiger partial charge in [-0.3, -0.25) is 0 Å². The van der Waals surface area contributed by atoms with Crippen molar-refractivity contribution in [2.75, 3.05) is 13.1 Å². The molecule has 4 heteroatoms. The van der Waals surface area contributed by atoms with Crippen LogP contribution in [0.2, 0.25) is 0 Å². The second-order valence-electron chi connectivity index (χ2n) is 5.95. The number of nitrogens with zero attached hydrogens (tertiary/aromatic N) is 1. The zero-order valence-corrected chi connectivity index (χ0v) is 11.5. The van der Waals surface area contributed by atoms with Gasteiger partial charge in [0, 0.05) is 25.2 Å². The summed E-state index contributed by atoms with van der Waals surface area (Å²) < 4.78 is 0. The van der Waals surface area contributed by atoms with Crippen molar-refractivity contribution >= 4 is 6.03 Å². The van der Waals surface area contributed by atoms with Gasteiger partial charge >= 0.3 is 6.03 Å². The van der Waals surface area contributed by atoms with Crippen LogP contribution in [-0.2, 0) is 0 Å². The average Bonchev–Trinajstić information content (AvgIpc) is 2.40. The lowest BCUT2D eigenvalue weighted by molar-refractivity contribution is 0.175. The third kappa shape index (κ3) is 3.61. The van der Waals surface area contributed by atoms with Gasteiger partial charge in [0.2, 0.25) is 0 Å². The molecule has 1 aliphatic heterocycles. The molecule has 0 aromatic heterocycles. The predicted octanol–water partition coefficient (Wildman–Crippen LogP) is 2.09. The Morgan fingerprint density at radius 3 is 2.33 bits per heavy atom. The number of amides is 2. The molecule has 0 unspecified atom stereocenters. The molecule has 2 fully saturated rings. The van der Waals surface area contributed by atoms with Gasteiger partial charge in [-0.15, -0.1) is 0 Å². The van der Waals surface area contributed by atoms with Crippen LogP contribution in [0.3, 0.4) is 0 Å². The smallest absolute Gasteiger partial charge is 0.314 e. The summed E-state index contributed by atoms with van der Waals surface area (Å²) in [5, 5.41) is 3.77. The van der Waals surface area contributed by atoms with Crippen LogP contribution in [0.4, 0.5) is 4.79 Å². The minimum absolute atomic E-state index is 0.270. The first-order valence-electron chi connectivity index (χ1n) is 7.47. The molecule has 2 aliphatic rings.